The van der Waals surface area contributed by atoms with E-state index in [4.69, 9.17) is 0 Å². The number of hydrogen-bond acceptors (Lipinski definition) is 0. The second-order valence-electron chi connectivity index (χ2n) is 5.97. The van der Waals surface area contributed by atoms with Gasteiger partial charge in [0.2, 0.25) is 0 Å². The van der Waals surface area contributed by atoms with Crippen LogP contribution in [0.15, 0.2) is 35.9 Å². The summed E-state index contributed by atoms with van der Waals surface area (Å²) >= 11 is 0. The zero-order valence-electron chi connectivity index (χ0n) is 9.88. The van der Waals surface area contributed by atoms with Gasteiger partial charge in [0.1, 0.15) is 0 Å². The van der Waals surface area contributed by atoms with Gasteiger partial charge in [0.15, 0.2) is 0 Å². The molecule has 3 aliphatic rings. The smallest absolute Gasteiger partial charge is 0.0205 e. The molecule has 2 unspecified atom stereocenters. The Hall–Kier alpha value is -1.30. The number of allylic oxidation sites excluding steroid dienone is 3. The summed E-state index contributed by atoms with van der Waals surface area (Å²) in [5, 5.41) is 0. The van der Waals surface area contributed by atoms with Crippen molar-refractivity contribution in [1.29, 1.82) is 0 Å². The first-order valence-electron chi connectivity index (χ1n) is 6.15. The van der Waals surface area contributed by atoms with E-state index >= 15 is 0 Å². The zero-order valence-corrected chi connectivity index (χ0v) is 9.88. The van der Waals surface area contributed by atoms with Crippen molar-refractivity contribution in [3.05, 3.63) is 52.6 Å². The molecule has 0 saturated heterocycles. The average Bonchev–Trinajstić information content (AvgIpc) is 2.37. The highest BCUT2D eigenvalue weighted by Gasteiger charge is 2.62. The van der Waals surface area contributed by atoms with Crippen LogP contribution in [-0.4, -0.2) is 0 Å². The molecule has 0 aromatic heterocycles. The van der Waals surface area contributed by atoms with E-state index in [-0.39, 0.29) is 0 Å². The molecule has 1 saturated carbocycles. The lowest BCUT2D eigenvalue weighted by Gasteiger charge is -2.55. The van der Waals surface area contributed by atoms with Crippen LogP contribution < -0.4 is 0 Å². The third kappa shape index (κ3) is 0.704. The molecule has 1 aromatic carbocycles. The Morgan fingerprint density at radius 1 is 1.12 bits per heavy atom. The first-order chi connectivity index (χ1) is 7.65. The molecule has 0 spiro atoms. The van der Waals surface area contributed by atoms with Crippen LogP contribution in [-0.2, 0) is 11.8 Å². The molecule has 4 rings (SSSR count). The highest BCUT2D eigenvalue weighted by molar-refractivity contribution is 5.69. The maximum absolute atomic E-state index is 2.46. The van der Waals surface area contributed by atoms with E-state index in [2.05, 4.69) is 50.3 Å². The summed E-state index contributed by atoms with van der Waals surface area (Å²) in [6.07, 6.45) is 9.39. The second kappa shape index (κ2) is 2.34. The van der Waals surface area contributed by atoms with Crippen LogP contribution in [0.3, 0.4) is 0 Å². The minimum Gasteiger partial charge on any atom is -0.0621 e. The molecular weight excluding hydrogens is 192 g/mol. The quantitative estimate of drug-likeness (QED) is 0.607. The van der Waals surface area contributed by atoms with Gasteiger partial charge in [0.05, 0.1) is 0 Å². The third-order valence-electron chi connectivity index (χ3n) is 5.27. The molecule has 0 heterocycles. The molecule has 80 valence electrons. The van der Waals surface area contributed by atoms with Gasteiger partial charge in [0.25, 0.3) is 0 Å². The van der Waals surface area contributed by atoms with Crippen molar-refractivity contribution >= 4 is 6.08 Å². The standard InChI is InChI=1S/C16H16/c1-15-9-12-7-3-5-11-6-4-8-13(10-15)16(15,2)14(11)12/h3-8H,9-10H2,1-2H3. The fourth-order valence-electron chi connectivity index (χ4n) is 4.19. The van der Waals surface area contributed by atoms with Crippen molar-refractivity contribution in [3.8, 4) is 0 Å². The molecule has 0 bridgehead atoms. The Kier molecular flexibility index (Phi) is 1.29. The van der Waals surface area contributed by atoms with Crippen LogP contribution in [0.4, 0.5) is 0 Å². The van der Waals surface area contributed by atoms with Gasteiger partial charge in [-0.05, 0) is 34.9 Å². The second-order valence-corrected chi connectivity index (χ2v) is 5.97. The summed E-state index contributed by atoms with van der Waals surface area (Å²) in [5.74, 6) is 0. The van der Waals surface area contributed by atoms with Gasteiger partial charge in [-0.15, -0.1) is 0 Å². The first-order valence-corrected chi connectivity index (χ1v) is 6.15. The monoisotopic (exact) mass is 208 g/mol. The predicted octanol–water partition coefficient (Wildman–Crippen LogP) is 3.86. The Morgan fingerprint density at radius 2 is 2.00 bits per heavy atom. The topological polar surface area (TPSA) is 0 Å². The first kappa shape index (κ1) is 8.81. The van der Waals surface area contributed by atoms with Crippen molar-refractivity contribution in [1.82, 2.24) is 0 Å². The zero-order chi connectivity index (χ0) is 11.0. The average molecular weight is 208 g/mol. The Morgan fingerprint density at radius 3 is 2.88 bits per heavy atom. The van der Waals surface area contributed by atoms with Gasteiger partial charge < -0.3 is 0 Å². The van der Waals surface area contributed by atoms with Crippen LogP contribution in [0.5, 0.6) is 0 Å². The van der Waals surface area contributed by atoms with E-state index in [0.29, 0.717) is 10.8 Å². The van der Waals surface area contributed by atoms with Crippen LogP contribution >= 0.6 is 0 Å². The summed E-state index contributed by atoms with van der Waals surface area (Å²) in [5.41, 5.74) is 7.07. The van der Waals surface area contributed by atoms with E-state index in [1.807, 2.05) is 0 Å². The van der Waals surface area contributed by atoms with Gasteiger partial charge in [-0.1, -0.05) is 55.8 Å². The third-order valence-corrected chi connectivity index (χ3v) is 5.27. The molecule has 3 aliphatic carbocycles. The molecule has 0 aliphatic heterocycles. The van der Waals surface area contributed by atoms with E-state index in [0.717, 1.165) is 0 Å². The molecule has 0 heteroatoms. The van der Waals surface area contributed by atoms with Crippen LogP contribution in [0.25, 0.3) is 6.08 Å². The summed E-state index contributed by atoms with van der Waals surface area (Å²) in [6.45, 7) is 4.91. The SMILES string of the molecule is CC12CC3=CC=Cc4cccc(c4C31C)C2. The molecule has 0 N–H and O–H groups in total. The molecule has 0 amide bonds. The molecule has 16 heavy (non-hydrogen) atoms. The summed E-state index contributed by atoms with van der Waals surface area (Å²) in [4.78, 5) is 0. The van der Waals surface area contributed by atoms with E-state index in [1.165, 1.54) is 18.4 Å². The van der Waals surface area contributed by atoms with Crippen molar-refractivity contribution < 1.29 is 0 Å². The molecule has 0 radical (unpaired) electrons. The Balaban J connectivity index is 2.14. The highest BCUT2D eigenvalue weighted by Crippen LogP contribution is 2.68. The van der Waals surface area contributed by atoms with Crippen molar-refractivity contribution in [2.45, 2.75) is 32.1 Å². The Bertz CT molecular complexity index is 561. The van der Waals surface area contributed by atoms with Crippen LogP contribution in [0, 0.1) is 5.41 Å². The largest absolute Gasteiger partial charge is 0.0621 e. The predicted molar refractivity (Wildman–Crippen MR) is 67.3 cm³/mol. The minimum absolute atomic E-state index is 0.322. The fraction of sp³-hybridized carbons (Fsp3) is 0.375. The van der Waals surface area contributed by atoms with E-state index < -0.39 is 0 Å². The molecular formula is C16H16. The summed E-state index contributed by atoms with van der Waals surface area (Å²) in [6, 6.07) is 6.80. The van der Waals surface area contributed by atoms with Gasteiger partial charge in [-0.3, -0.25) is 0 Å². The summed E-state index contributed by atoms with van der Waals surface area (Å²) in [7, 11) is 0. The molecule has 1 aromatic rings. The van der Waals surface area contributed by atoms with Crippen molar-refractivity contribution in [2.75, 3.05) is 0 Å². The maximum atomic E-state index is 2.46. The van der Waals surface area contributed by atoms with Crippen molar-refractivity contribution in [2.24, 2.45) is 5.41 Å². The summed E-state index contributed by atoms with van der Waals surface area (Å²) < 4.78 is 0. The van der Waals surface area contributed by atoms with Gasteiger partial charge >= 0.3 is 0 Å². The molecule has 2 atom stereocenters. The molecule has 1 fully saturated rings. The van der Waals surface area contributed by atoms with Gasteiger partial charge in [-0.25, -0.2) is 0 Å². The Labute approximate surface area is 96.7 Å². The maximum Gasteiger partial charge on any atom is 0.0205 e. The highest BCUT2D eigenvalue weighted by atomic mass is 14.6. The van der Waals surface area contributed by atoms with E-state index in [9.17, 15) is 0 Å². The van der Waals surface area contributed by atoms with Crippen molar-refractivity contribution in [3.63, 3.8) is 0 Å². The van der Waals surface area contributed by atoms with Crippen LogP contribution in [0.1, 0.15) is 37.0 Å². The normalized spacial score (nSPS) is 37.5. The number of benzene rings is 1. The lowest BCUT2D eigenvalue weighted by molar-refractivity contribution is 0.123. The molecule has 0 nitrogen and oxygen atoms in total. The van der Waals surface area contributed by atoms with E-state index in [1.54, 1.807) is 16.7 Å². The fourth-order valence-corrected chi connectivity index (χ4v) is 4.19. The lowest BCUT2D eigenvalue weighted by Crippen LogP contribution is -2.50. The minimum atomic E-state index is 0.322. The number of rotatable bonds is 0. The van der Waals surface area contributed by atoms with Crippen LogP contribution in [0.2, 0.25) is 0 Å². The number of hydrogen-bond donors (Lipinski definition) is 0. The van der Waals surface area contributed by atoms with Gasteiger partial charge in [-0.2, -0.15) is 0 Å². The lowest BCUT2D eigenvalue weighted by atomic mass is 9.48. The van der Waals surface area contributed by atoms with Gasteiger partial charge in [0, 0.05) is 5.41 Å².